The van der Waals surface area contributed by atoms with E-state index in [1.165, 1.54) is 0 Å². The van der Waals surface area contributed by atoms with Crippen molar-refractivity contribution in [3.8, 4) is 0 Å². The van der Waals surface area contributed by atoms with Crippen LogP contribution >= 0.6 is 15.9 Å². The van der Waals surface area contributed by atoms with E-state index in [9.17, 15) is 4.79 Å². The highest BCUT2D eigenvalue weighted by atomic mass is 79.9. The Labute approximate surface area is 96.8 Å². The lowest BCUT2D eigenvalue weighted by molar-refractivity contribution is -0.115. The summed E-state index contributed by atoms with van der Waals surface area (Å²) in [5.41, 5.74) is 0.773. The molecule has 5 heteroatoms. The van der Waals surface area contributed by atoms with E-state index in [0.29, 0.717) is 6.54 Å². The van der Waals surface area contributed by atoms with E-state index in [0.717, 1.165) is 16.0 Å². The van der Waals surface area contributed by atoms with Gasteiger partial charge in [0.05, 0.1) is 12.2 Å². The third-order valence-electron chi connectivity index (χ3n) is 2.32. The molecule has 1 aromatic heterocycles. The quantitative estimate of drug-likeness (QED) is 0.849. The summed E-state index contributed by atoms with van der Waals surface area (Å²) < 4.78 is 0.868. The zero-order chi connectivity index (χ0) is 11.0. The molecule has 0 unspecified atom stereocenters. The van der Waals surface area contributed by atoms with Crippen LogP contribution in [0.15, 0.2) is 16.7 Å². The molecule has 0 atom stereocenters. The van der Waals surface area contributed by atoms with Gasteiger partial charge in [-0.3, -0.25) is 4.79 Å². The topological polar surface area (TPSA) is 45.2 Å². The van der Waals surface area contributed by atoms with E-state index < -0.39 is 0 Å². The molecule has 0 fully saturated rings. The summed E-state index contributed by atoms with van der Waals surface area (Å²) in [5.74, 6) is 0.851. The molecule has 0 saturated carbocycles. The van der Waals surface area contributed by atoms with E-state index in [1.54, 1.807) is 6.20 Å². The Morgan fingerprint density at radius 2 is 2.33 bits per heavy atom. The Hall–Kier alpha value is -1.10. The molecule has 0 saturated heterocycles. The van der Waals surface area contributed by atoms with Crippen LogP contribution in [-0.4, -0.2) is 23.5 Å². The molecular weight excluding hydrogens is 258 g/mol. The van der Waals surface area contributed by atoms with Gasteiger partial charge < -0.3 is 10.2 Å². The Bertz CT molecular complexity index is 406. The number of halogens is 1. The number of hydrogen-bond acceptors (Lipinski definition) is 3. The van der Waals surface area contributed by atoms with Gasteiger partial charge in [-0.05, 0) is 35.8 Å². The third kappa shape index (κ3) is 1.97. The molecule has 1 aliphatic rings. The van der Waals surface area contributed by atoms with Crippen LogP contribution in [0.25, 0.3) is 0 Å². The summed E-state index contributed by atoms with van der Waals surface area (Å²) in [6.45, 7) is 4.47. The second-order valence-electron chi connectivity index (χ2n) is 3.79. The van der Waals surface area contributed by atoms with Crippen molar-refractivity contribution in [3.05, 3.63) is 16.7 Å². The molecule has 0 radical (unpaired) electrons. The summed E-state index contributed by atoms with van der Waals surface area (Å²) in [6, 6.07) is 2.14. The van der Waals surface area contributed by atoms with E-state index >= 15 is 0 Å². The zero-order valence-electron chi connectivity index (χ0n) is 8.62. The van der Waals surface area contributed by atoms with Crippen molar-refractivity contribution in [1.29, 1.82) is 0 Å². The lowest BCUT2D eigenvalue weighted by Gasteiger charge is -2.32. The Balaban J connectivity index is 2.46. The van der Waals surface area contributed by atoms with Crippen LogP contribution in [0.4, 0.5) is 11.5 Å². The Morgan fingerprint density at radius 3 is 3.00 bits per heavy atom. The van der Waals surface area contributed by atoms with Gasteiger partial charge in [0.15, 0.2) is 5.82 Å². The molecule has 0 spiro atoms. The van der Waals surface area contributed by atoms with Crippen LogP contribution in [0.5, 0.6) is 0 Å². The number of nitrogens with one attached hydrogen (secondary N) is 1. The van der Waals surface area contributed by atoms with Crippen molar-refractivity contribution in [1.82, 2.24) is 4.98 Å². The van der Waals surface area contributed by atoms with Crippen LogP contribution in [0.3, 0.4) is 0 Å². The summed E-state index contributed by atoms with van der Waals surface area (Å²) in [7, 11) is 0. The minimum Gasteiger partial charge on any atom is -0.343 e. The standard InChI is InChI=1S/C10H12BrN3O/c1-6(2)14-5-9(15)13-8-3-7(11)4-12-10(8)14/h3-4,6H,5H2,1-2H3,(H,13,15). The predicted octanol–water partition coefficient (Wildman–Crippen LogP) is 2.01. The largest absolute Gasteiger partial charge is 0.343 e. The molecule has 1 amide bonds. The molecule has 1 N–H and O–H groups in total. The number of fused-ring (bicyclic) bond motifs is 1. The monoisotopic (exact) mass is 269 g/mol. The van der Waals surface area contributed by atoms with Crippen molar-refractivity contribution in [2.75, 3.05) is 16.8 Å². The lowest BCUT2D eigenvalue weighted by atomic mass is 10.2. The molecule has 0 aromatic carbocycles. The summed E-state index contributed by atoms with van der Waals surface area (Å²) in [6.07, 6.45) is 1.74. The number of rotatable bonds is 1. The summed E-state index contributed by atoms with van der Waals surface area (Å²) in [4.78, 5) is 17.8. The van der Waals surface area contributed by atoms with E-state index in [2.05, 4.69) is 26.2 Å². The second-order valence-corrected chi connectivity index (χ2v) is 4.71. The number of anilines is 2. The fraction of sp³-hybridized carbons (Fsp3) is 0.400. The van der Waals surface area contributed by atoms with Crippen LogP contribution in [0, 0.1) is 0 Å². The van der Waals surface area contributed by atoms with Crippen LogP contribution in [0.1, 0.15) is 13.8 Å². The van der Waals surface area contributed by atoms with Crippen molar-refractivity contribution in [2.24, 2.45) is 0 Å². The molecule has 1 aromatic rings. The molecular formula is C10H12BrN3O. The van der Waals surface area contributed by atoms with Gasteiger partial charge in [-0.15, -0.1) is 0 Å². The maximum atomic E-state index is 11.5. The fourth-order valence-electron chi connectivity index (χ4n) is 1.60. The van der Waals surface area contributed by atoms with Crippen molar-refractivity contribution in [2.45, 2.75) is 19.9 Å². The first-order chi connectivity index (χ1) is 7.08. The number of amides is 1. The zero-order valence-corrected chi connectivity index (χ0v) is 10.2. The van der Waals surface area contributed by atoms with Gasteiger partial charge in [-0.2, -0.15) is 0 Å². The average Bonchev–Trinajstić information content (AvgIpc) is 2.15. The predicted molar refractivity (Wildman–Crippen MR) is 63.0 cm³/mol. The lowest BCUT2D eigenvalue weighted by Crippen LogP contribution is -2.42. The molecule has 2 rings (SSSR count). The van der Waals surface area contributed by atoms with Crippen LogP contribution in [0.2, 0.25) is 0 Å². The van der Waals surface area contributed by atoms with Gasteiger partial charge in [-0.25, -0.2) is 4.98 Å². The molecule has 15 heavy (non-hydrogen) atoms. The highest BCUT2D eigenvalue weighted by Gasteiger charge is 2.24. The first kappa shape index (κ1) is 10.4. The number of aromatic nitrogens is 1. The second kappa shape index (κ2) is 3.81. The maximum Gasteiger partial charge on any atom is 0.244 e. The van der Waals surface area contributed by atoms with Gasteiger partial charge in [-0.1, -0.05) is 0 Å². The van der Waals surface area contributed by atoms with E-state index in [-0.39, 0.29) is 11.9 Å². The highest BCUT2D eigenvalue weighted by molar-refractivity contribution is 9.10. The molecule has 0 bridgehead atoms. The molecule has 2 heterocycles. The smallest absolute Gasteiger partial charge is 0.244 e. The van der Waals surface area contributed by atoms with E-state index in [1.807, 2.05) is 24.8 Å². The maximum absolute atomic E-state index is 11.5. The molecule has 0 aliphatic carbocycles. The van der Waals surface area contributed by atoms with Crippen molar-refractivity contribution >= 4 is 33.3 Å². The minimum atomic E-state index is 0.0103. The number of carbonyl (C=O) groups excluding carboxylic acids is 1. The number of nitrogens with zero attached hydrogens (tertiary/aromatic N) is 2. The highest BCUT2D eigenvalue weighted by Crippen LogP contribution is 2.30. The minimum absolute atomic E-state index is 0.0103. The molecule has 4 nitrogen and oxygen atoms in total. The SMILES string of the molecule is CC(C)N1CC(=O)Nc2cc(Br)cnc21. The van der Waals surface area contributed by atoms with Crippen molar-refractivity contribution < 1.29 is 4.79 Å². The summed E-state index contributed by atoms with van der Waals surface area (Å²) >= 11 is 3.33. The number of carbonyl (C=O) groups is 1. The Kier molecular flexibility index (Phi) is 2.65. The van der Waals surface area contributed by atoms with Gasteiger partial charge in [0, 0.05) is 16.7 Å². The summed E-state index contributed by atoms with van der Waals surface area (Å²) in [5, 5.41) is 2.81. The van der Waals surface area contributed by atoms with Gasteiger partial charge in [0.1, 0.15) is 0 Å². The first-order valence-electron chi connectivity index (χ1n) is 4.80. The van der Waals surface area contributed by atoms with Gasteiger partial charge in [0.25, 0.3) is 0 Å². The van der Waals surface area contributed by atoms with Gasteiger partial charge >= 0.3 is 0 Å². The number of hydrogen-bond donors (Lipinski definition) is 1. The molecule has 1 aliphatic heterocycles. The third-order valence-corrected chi connectivity index (χ3v) is 2.75. The van der Waals surface area contributed by atoms with Crippen molar-refractivity contribution in [3.63, 3.8) is 0 Å². The van der Waals surface area contributed by atoms with Gasteiger partial charge in [0.2, 0.25) is 5.91 Å². The van der Waals surface area contributed by atoms with Crippen LogP contribution in [-0.2, 0) is 4.79 Å². The number of pyridine rings is 1. The first-order valence-corrected chi connectivity index (χ1v) is 5.59. The van der Waals surface area contributed by atoms with E-state index in [4.69, 9.17) is 0 Å². The average molecular weight is 270 g/mol. The fourth-order valence-corrected chi connectivity index (χ4v) is 1.93. The van der Waals surface area contributed by atoms with Crippen LogP contribution < -0.4 is 10.2 Å². The molecule has 80 valence electrons. The normalized spacial score (nSPS) is 15.2. The Morgan fingerprint density at radius 1 is 1.60 bits per heavy atom.